The molecular formula is C27H23ClFN5O5S. The summed E-state index contributed by atoms with van der Waals surface area (Å²) in [5.41, 5.74) is 7.90. The second-order valence-corrected chi connectivity index (χ2v) is 9.21. The molecule has 4 aromatic rings. The minimum atomic E-state index is -0.486. The molecule has 0 saturated heterocycles. The van der Waals surface area contributed by atoms with E-state index >= 15 is 0 Å². The van der Waals surface area contributed by atoms with Crippen LogP contribution < -0.4 is 30.7 Å². The second-order valence-electron chi connectivity index (χ2n) is 8.35. The maximum Gasteiger partial charge on any atom is 0.258 e. The normalized spacial score (nSPS) is 11.3. The Balaban J connectivity index is 0.00000370. The molecule has 0 unspecified atom stereocenters. The summed E-state index contributed by atoms with van der Waals surface area (Å²) in [6, 6.07) is 17.0. The lowest BCUT2D eigenvalue weighted by molar-refractivity contribution is -0.115. The lowest BCUT2D eigenvalue weighted by Crippen LogP contribution is -2.38. The van der Waals surface area contributed by atoms with Crippen LogP contribution in [0.25, 0.3) is 11.3 Å². The SMILES string of the molecule is Cl.NCC(=O)Nc1nc(-c2ccc(NC(=O)CN(C(=O)c3ccc(F)cc3)c3ccc4c(c3)OCO4)cc2)cs1. The number of aromatic nitrogens is 1. The summed E-state index contributed by atoms with van der Waals surface area (Å²) in [4.78, 5) is 43.5. The minimum absolute atomic E-state index is 0. The number of hydrogen-bond acceptors (Lipinski definition) is 8. The van der Waals surface area contributed by atoms with Gasteiger partial charge in [-0.1, -0.05) is 12.1 Å². The van der Waals surface area contributed by atoms with E-state index in [1.54, 1.807) is 47.8 Å². The standard InChI is InChI=1S/C27H22FN5O5S.ClH/c28-18-5-1-17(2-6-18)26(36)33(20-9-10-22-23(11-20)38-15-37-22)13-25(35)30-19-7-3-16(4-8-19)21-14-39-27(31-21)32-24(34)12-29;/h1-11,14H,12-13,15,29H2,(H,30,35)(H,31,32,34);1H. The maximum absolute atomic E-state index is 13.4. The predicted molar refractivity (Wildman–Crippen MR) is 152 cm³/mol. The van der Waals surface area contributed by atoms with Gasteiger partial charge in [0, 0.05) is 33.9 Å². The van der Waals surface area contributed by atoms with Crippen molar-refractivity contribution in [2.24, 2.45) is 5.73 Å². The smallest absolute Gasteiger partial charge is 0.258 e. The average Bonchev–Trinajstić information content (AvgIpc) is 3.61. The summed E-state index contributed by atoms with van der Waals surface area (Å²) in [5.74, 6) is -0.755. The number of thiazole rings is 1. The molecule has 5 rings (SSSR count). The van der Waals surface area contributed by atoms with Crippen LogP contribution in [0.5, 0.6) is 11.5 Å². The topological polar surface area (TPSA) is 136 Å². The van der Waals surface area contributed by atoms with Crippen molar-refractivity contribution in [2.45, 2.75) is 0 Å². The van der Waals surface area contributed by atoms with Crippen molar-refractivity contribution in [2.75, 3.05) is 35.4 Å². The van der Waals surface area contributed by atoms with Crippen LogP contribution in [0, 0.1) is 5.82 Å². The molecule has 206 valence electrons. The van der Waals surface area contributed by atoms with Gasteiger partial charge >= 0.3 is 0 Å². The molecule has 3 aromatic carbocycles. The number of benzene rings is 3. The van der Waals surface area contributed by atoms with Crippen LogP contribution >= 0.6 is 23.7 Å². The number of halogens is 2. The molecular weight excluding hydrogens is 561 g/mol. The zero-order valence-corrected chi connectivity index (χ0v) is 22.4. The number of carbonyl (C=O) groups excluding carboxylic acids is 3. The van der Waals surface area contributed by atoms with E-state index in [0.29, 0.717) is 33.7 Å². The van der Waals surface area contributed by atoms with Crippen molar-refractivity contribution < 1.29 is 28.2 Å². The zero-order chi connectivity index (χ0) is 27.4. The molecule has 4 N–H and O–H groups in total. The van der Waals surface area contributed by atoms with Crippen molar-refractivity contribution in [3.63, 3.8) is 0 Å². The van der Waals surface area contributed by atoms with Gasteiger partial charge in [-0.15, -0.1) is 23.7 Å². The molecule has 0 saturated carbocycles. The van der Waals surface area contributed by atoms with Gasteiger partial charge in [-0.2, -0.15) is 0 Å². The number of amides is 3. The van der Waals surface area contributed by atoms with E-state index in [2.05, 4.69) is 15.6 Å². The highest BCUT2D eigenvalue weighted by Crippen LogP contribution is 2.36. The first-order valence-electron chi connectivity index (χ1n) is 11.7. The first-order valence-corrected chi connectivity index (χ1v) is 12.6. The molecule has 0 bridgehead atoms. The van der Waals surface area contributed by atoms with Gasteiger partial charge in [0.05, 0.1) is 12.2 Å². The number of ether oxygens (including phenoxy) is 2. The third kappa shape index (κ3) is 6.54. The molecule has 1 aliphatic heterocycles. The summed E-state index contributed by atoms with van der Waals surface area (Å²) in [7, 11) is 0. The van der Waals surface area contributed by atoms with Crippen molar-refractivity contribution >= 4 is 58.0 Å². The quantitative estimate of drug-likeness (QED) is 0.282. The van der Waals surface area contributed by atoms with E-state index in [1.165, 1.54) is 40.5 Å². The van der Waals surface area contributed by atoms with Crippen molar-refractivity contribution in [1.29, 1.82) is 0 Å². The summed E-state index contributed by atoms with van der Waals surface area (Å²) in [5, 5.41) is 7.63. The Morgan fingerprint density at radius 2 is 1.68 bits per heavy atom. The largest absolute Gasteiger partial charge is 0.454 e. The number of fused-ring (bicyclic) bond motifs is 1. The fraction of sp³-hybridized carbons (Fsp3) is 0.111. The van der Waals surface area contributed by atoms with Crippen LogP contribution in [-0.4, -0.2) is 42.6 Å². The molecule has 13 heteroatoms. The summed E-state index contributed by atoms with van der Waals surface area (Å²) >= 11 is 1.27. The molecule has 40 heavy (non-hydrogen) atoms. The lowest BCUT2D eigenvalue weighted by Gasteiger charge is -2.23. The molecule has 10 nitrogen and oxygen atoms in total. The maximum atomic E-state index is 13.4. The van der Waals surface area contributed by atoms with Gasteiger partial charge in [0.25, 0.3) is 5.91 Å². The first-order chi connectivity index (χ1) is 18.9. The number of nitrogens with zero attached hydrogens (tertiary/aromatic N) is 2. The average molecular weight is 584 g/mol. The van der Waals surface area contributed by atoms with Crippen LogP contribution in [0.4, 0.5) is 20.9 Å². The van der Waals surface area contributed by atoms with Gasteiger partial charge in [-0.25, -0.2) is 9.37 Å². The van der Waals surface area contributed by atoms with Crippen LogP contribution in [0.15, 0.2) is 72.1 Å². The number of carbonyl (C=O) groups is 3. The zero-order valence-electron chi connectivity index (χ0n) is 20.8. The Kier molecular flexibility index (Phi) is 8.94. The monoisotopic (exact) mass is 583 g/mol. The number of nitrogens with two attached hydrogens (primary N) is 1. The highest BCUT2D eigenvalue weighted by atomic mass is 35.5. The van der Waals surface area contributed by atoms with Gasteiger partial charge in [0.2, 0.25) is 18.6 Å². The molecule has 0 atom stereocenters. The van der Waals surface area contributed by atoms with Gasteiger partial charge in [0.15, 0.2) is 16.6 Å². The van der Waals surface area contributed by atoms with E-state index in [9.17, 15) is 18.8 Å². The van der Waals surface area contributed by atoms with Gasteiger partial charge in [0.1, 0.15) is 12.4 Å². The van der Waals surface area contributed by atoms with E-state index < -0.39 is 17.6 Å². The third-order valence-corrected chi connectivity index (χ3v) is 6.46. The Labute approximate surface area is 238 Å². The molecule has 2 heterocycles. The molecule has 0 spiro atoms. The Morgan fingerprint density at radius 3 is 2.40 bits per heavy atom. The van der Waals surface area contributed by atoms with E-state index in [0.717, 1.165) is 5.56 Å². The molecule has 0 radical (unpaired) electrons. The summed E-state index contributed by atoms with van der Waals surface area (Å²) < 4.78 is 24.2. The highest BCUT2D eigenvalue weighted by molar-refractivity contribution is 7.14. The summed E-state index contributed by atoms with van der Waals surface area (Å²) in [6.07, 6.45) is 0. The van der Waals surface area contributed by atoms with Crippen molar-refractivity contribution in [1.82, 2.24) is 4.98 Å². The first kappa shape index (κ1) is 28.5. The lowest BCUT2D eigenvalue weighted by atomic mass is 10.1. The Hall–Kier alpha value is -4.52. The van der Waals surface area contributed by atoms with E-state index in [1.807, 2.05) is 0 Å². The fourth-order valence-electron chi connectivity index (χ4n) is 3.78. The number of anilines is 3. The third-order valence-electron chi connectivity index (χ3n) is 5.71. The fourth-order valence-corrected chi connectivity index (χ4v) is 4.52. The van der Waals surface area contributed by atoms with Gasteiger partial charge < -0.3 is 25.8 Å². The minimum Gasteiger partial charge on any atom is -0.454 e. The number of hydrogen-bond donors (Lipinski definition) is 3. The van der Waals surface area contributed by atoms with Crippen LogP contribution in [0.1, 0.15) is 10.4 Å². The van der Waals surface area contributed by atoms with Gasteiger partial charge in [-0.3, -0.25) is 19.3 Å². The van der Waals surface area contributed by atoms with Crippen LogP contribution in [0.3, 0.4) is 0 Å². The Morgan fingerprint density at radius 1 is 0.950 bits per heavy atom. The number of rotatable bonds is 8. The van der Waals surface area contributed by atoms with Crippen molar-refractivity contribution in [3.8, 4) is 22.8 Å². The van der Waals surface area contributed by atoms with E-state index in [4.69, 9.17) is 15.2 Å². The number of nitrogens with one attached hydrogen (secondary N) is 2. The van der Waals surface area contributed by atoms with E-state index in [-0.39, 0.29) is 43.8 Å². The van der Waals surface area contributed by atoms with Crippen molar-refractivity contribution in [3.05, 3.63) is 83.5 Å². The Bertz CT molecular complexity index is 1530. The highest BCUT2D eigenvalue weighted by Gasteiger charge is 2.24. The van der Waals surface area contributed by atoms with Crippen LogP contribution in [0.2, 0.25) is 0 Å². The summed E-state index contributed by atoms with van der Waals surface area (Å²) in [6.45, 7) is -0.384. The molecule has 3 amide bonds. The second kappa shape index (κ2) is 12.6. The molecule has 1 aromatic heterocycles. The predicted octanol–water partition coefficient (Wildman–Crippen LogP) is 4.28. The molecule has 0 fully saturated rings. The molecule has 0 aliphatic carbocycles. The molecule has 1 aliphatic rings. The van der Waals surface area contributed by atoms with Crippen LogP contribution in [-0.2, 0) is 9.59 Å². The van der Waals surface area contributed by atoms with Gasteiger partial charge in [-0.05, 0) is 48.5 Å².